The highest BCUT2D eigenvalue weighted by Gasteiger charge is 2.32. The molecule has 6 heteroatoms. The van der Waals surface area contributed by atoms with Crippen LogP contribution in [0.15, 0.2) is 24.3 Å². The van der Waals surface area contributed by atoms with Crippen molar-refractivity contribution in [2.45, 2.75) is 44.9 Å². The molecule has 2 fully saturated rings. The smallest absolute Gasteiger partial charge is 0.322 e. The predicted octanol–water partition coefficient (Wildman–Crippen LogP) is 2.66. The Kier molecular flexibility index (Phi) is 5.57. The fourth-order valence-electron chi connectivity index (χ4n) is 3.89. The van der Waals surface area contributed by atoms with Gasteiger partial charge in [-0.05, 0) is 44.9 Å². The van der Waals surface area contributed by atoms with Crippen molar-refractivity contribution in [3.05, 3.63) is 29.8 Å². The number of morpholine rings is 1. The fraction of sp³-hybridized carbons (Fsp3) is 0.579. The SMILES string of the molecule is C[C@@H]1CN(C[C@@H]2CCCN2C(=O)Nc2cccc(C#N)c2)C[C@H](C)O1. The van der Waals surface area contributed by atoms with E-state index < -0.39 is 0 Å². The average molecular weight is 342 g/mol. The largest absolute Gasteiger partial charge is 0.373 e. The van der Waals surface area contributed by atoms with Crippen molar-refractivity contribution in [2.75, 3.05) is 31.5 Å². The van der Waals surface area contributed by atoms with Crippen LogP contribution in [-0.4, -0.2) is 60.3 Å². The fourth-order valence-corrected chi connectivity index (χ4v) is 3.89. The summed E-state index contributed by atoms with van der Waals surface area (Å²) >= 11 is 0. The molecule has 1 aromatic carbocycles. The molecular formula is C19H26N4O2. The quantitative estimate of drug-likeness (QED) is 0.917. The summed E-state index contributed by atoms with van der Waals surface area (Å²) in [5.41, 5.74) is 1.22. The van der Waals surface area contributed by atoms with Gasteiger partial charge in [0.05, 0.1) is 23.8 Å². The van der Waals surface area contributed by atoms with Crippen molar-refractivity contribution in [1.82, 2.24) is 9.80 Å². The first kappa shape index (κ1) is 17.7. The summed E-state index contributed by atoms with van der Waals surface area (Å²) < 4.78 is 5.80. The second kappa shape index (κ2) is 7.85. The van der Waals surface area contributed by atoms with E-state index in [9.17, 15) is 4.79 Å². The third kappa shape index (κ3) is 4.50. The van der Waals surface area contributed by atoms with Crippen molar-refractivity contribution in [3.8, 4) is 6.07 Å². The molecule has 1 aromatic rings. The number of nitriles is 1. The first-order chi connectivity index (χ1) is 12.0. The van der Waals surface area contributed by atoms with Crippen molar-refractivity contribution < 1.29 is 9.53 Å². The Balaban J connectivity index is 1.60. The molecule has 0 unspecified atom stereocenters. The molecule has 3 rings (SSSR count). The van der Waals surface area contributed by atoms with Gasteiger partial charge in [0.15, 0.2) is 0 Å². The van der Waals surface area contributed by atoms with E-state index >= 15 is 0 Å². The summed E-state index contributed by atoms with van der Waals surface area (Å²) in [6, 6.07) is 9.29. The molecule has 25 heavy (non-hydrogen) atoms. The van der Waals surface area contributed by atoms with E-state index in [0.717, 1.165) is 39.0 Å². The van der Waals surface area contributed by atoms with Crippen LogP contribution in [0.1, 0.15) is 32.3 Å². The number of hydrogen-bond acceptors (Lipinski definition) is 4. The van der Waals surface area contributed by atoms with E-state index in [1.807, 2.05) is 11.0 Å². The molecular weight excluding hydrogens is 316 g/mol. The van der Waals surface area contributed by atoms with Crippen LogP contribution in [0.5, 0.6) is 0 Å². The highest BCUT2D eigenvalue weighted by Crippen LogP contribution is 2.22. The minimum Gasteiger partial charge on any atom is -0.373 e. The minimum atomic E-state index is -0.0769. The van der Waals surface area contributed by atoms with E-state index in [4.69, 9.17) is 10.00 Å². The number of urea groups is 1. The second-order valence-electron chi connectivity index (χ2n) is 7.09. The number of anilines is 1. The molecule has 0 aliphatic carbocycles. The van der Waals surface area contributed by atoms with E-state index in [1.54, 1.807) is 18.2 Å². The maximum absolute atomic E-state index is 12.7. The number of carbonyl (C=O) groups is 1. The molecule has 134 valence electrons. The van der Waals surface area contributed by atoms with E-state index in [1.165, 1.54) is 0 Å². The monoisotopic (exact) mass is 342 g/mol. The molecule has 0 saturated carbocycles. The van der Waals surface area contributed by atoms with Crippen LogP contribution in [0, 0.1) is 11.3 Å². The number of ether oxygens (including phenoxy) is 1. The highest BCUT2D eigenvalue weighted by molar-refractivity contribution is 5.89. The zero-order valence-corrected chi connectivity index (χ0v) is 14.9. The Morgan fingerprint density at radius 3 is 2.84 bits per heavy atom. The number of amides is 2. The maximum Gasteiger partial charge on any atom is 0.322 e. The van der Waals surface area contributed by atoms with Crippen LogP contribution in [-0.2, 0) is 4.74 Å². The Morgan fingerprint density at radius 2 is 2.12 bits per heavy atom. The molecule has 0 spiro atoms. The Morgan fingerprint density at radius 1 is 1.36 bits per heavy atom. The molecule has 0 bridgehead atoms. The van der Waals surface area contributed by atoms with Crippen molar-refractivity contribution in [2.24, 2.45) is 0 Å². The number of carbonyl (C=O) groups excluding carboxylic acids is 1. The molecule has 2 heterocycles. The lowest BCUT2D eigenvalue weighted by Crippen LogP contribution is -2.51. The van der Waals surface area contributed by atoms with Gasteiger partial charge >= 0.3 is 6.03 Å². The molecule has 0 aromatic heterocycles. The summed E-state index contributed by atoms with van der Waals surface area (Å²) in [4.78, 5) is 17.0. The number of benzene rings is 1. The summed E-state index contributed by atoms with van der Waals surface area (Å²) in [5.74, 6) is 0. The number of hydrogen-bond donors (Lipinski definition) is 1. The van der Waals surface area contributed by atoms with Crippen molar-refractivity contribution >= 4 is 11.7 Å². The van der Waals surface area contributed by atoms with Crippen LogP contribution < -0.4 is 5.32 Å². The van der Waals surface area contributed by atoms with Gasteiger partial charge in [0, 0.05) is 37.9 Å². The van der Waals surface area contributed by atoms with E-state index in [0.29, 0.717) is 11.3 Å². The van der Waals surface area contributed by atoms with Crippen LogP contribution in [0.2, 0.25) is 0 Å². The number of likely N-dealkylation sites (tertiary alicyclic amines) is 1. The summed E-state index contributed by atoms with van der Waals surface area (Å²) in [6.07, 6.45) is 2.54. The predicted molar refractivity (Wildman–Crippen MR) is 96.4 cm³/mol. The summed E-state index contributed by atoms with van der Waals surface area (Å²) in [7, 11) is 0. The van der Waals surface area contributed by atoms with Gasteiger partial charge in [-0.25, -0.2) is 4.79 Å². The zero-order chi connectivity index (χ0) is 17.8. The Hall–Kier alpha value is -2.10. The molecule has 2 saturated heterocycles. The standard InChI is InChI=1S/C19H26N4O2/c1-14-11-22(12-15(2)25-14)13-18-7-4-8-23(18)19(24)21-17-6-3-5-16(9-17)10-20/h3,5-6,9,14-15,18H,4,7-8,11-13H2,1-2H3,(H,21,24)/t14-,15+,18-/m0/s1. The summed E-state index contributed by atoms with van der Waals surface area (Å²) in [5, 5.41) is 11.9. The molecule has 3 atom stereocenters. The molecule has 2 aliphatic heterocycles. The second-order valence-corrected chi connectivity index (χ2v) is 7.09. The summed E-state index contributed by atoms with van der Waals surface area (Å²) in [6.45, 7) is 7.71. The lowest BCUT2D eigenvalue weighted by Gasteiger charge is -2.38. The van der Waals surface area contributed by atoms with Crippen LogP contribution in [0.25, 0.3) is 0 Å². The van der Waals surface area contributed by atoms with Gasteiger partial charge in [0.1, 0.15) is 0 Å². The van der Waals surface area contributed by atoms with Crippen LogP contribution >= 0.6 is 0 Å². The lowest BCUT2D eigenvalue weighted by atomic mass is 10.1. The third-order valence-corrected chi connectivity index (χ3v) is 4.85. The van der Waals surface area contributed by atoms with Gasteiger partial charge in [-0.2, -0.15) is 5.26 Å². The van der Waals surface area contributed by atoms with Gasteiger partial charge in [-0.1, -0.05) is 6.07 Å². The average Bonchev–Trinajstić information content (AvgIpc) is 3.02. The number of nitrogens with zero attached hydrogens (tertiary/aromatic N) is 3. The lowest BCUT2D eigenvalue weighted by molar-refractivity contribution is -0.0712. The Bertz CT molecular complexity index is 647. The first-order valence-electron chi connectivity index (χ1n) is 9.00. The zero-order valence-electron chi connectivity index (χ0n) is 14.9. The van der Waals surface area contributed by atoms with Crippen LogP contribution in [0.4, 0.5) is 10.5 Å². The molecule has 1 N–H and O–H groups in total. The minimum absolute atomic E-state index is 0.0769. The number of rotatable bonds is 3. The van der Waals surface area contributed by atoms with E-state index in [2.05, 4.69) is 30.1 Å². The molecule has 6 nitrogen and oxygen atoms in total. The van der Waals surface area contributed by atoms with Crippen molar-refractivity contribution in [1.29, 1.82) is 5.26 Å². The van der Waals surface area contributed by atoms with Gasteiger partial charge in [0.2, 0.25) is 0 Å². The molecule has 0 radical (unpaired) electrons. The normalized spacial score (nSPS) is 27.1. The maximum atomic E-state index is 12.7. The van der Waals surface area contributed by atoms with Gasteiger partial charge < -0.3 is 15.0 Å². The topological polar surface area (TPSA) is 68.6 Å². The highest BCUT2D eigenvalue weighted by atomic mass is 16.5. The third-order valence-electron chi connectivity index (χ3n) is 4.85. The first-order valence-corrected chi connectivity index (χ1v) is 9.00. The van der Waals surface area contributed by atoms with E-state index in [-0.39, 0.29) is 24.3 Å². The van der Waals surface area contributed by atoms with Gasteiger partial charge in [-0.3, -0.25) is 4.90 Å². The number of nitrogens with one attached hydrogen (secondary N) is 1. The van der Waals surface area contributed by atoms with Crippen LogP contribution in [0.3, 0.4) is 0 Å². The Labute approximate surface area is 149 Å². The molecule has 2 aliphatic rings. The van der Waals surface area contributed by atoms with Crippen molar-refractivity contribution in [3.63, 3.8) is 0 Å². The van der Waals surface area contributed by atoms with Gasteiger partial charge in [0.25, 0.3) is 0 Å². The van der Waals surface area contributed by atoms with Gasteiger partial charge in [-0.15, -0.1) is 0 Å². The molecule has 2 amide bonds.